The third-order valence-corrected chi connectivity index (χ3v) is 5.24. The van der Waals surface area contributed by atoms with E-state index < -0.39 is 0 Å². The molecule has 3 N–H and O–H groups in total. The number of hydrogen-bond donors (Lipinski definition) is 3. The monoisotopic (exact) mass is 362 g/mol. The zero-order chi connectivity index (χ0) is 18.1. The number of nitrogens with one attached hydrogen (secondary N) is 3. The Bertz CT molecular complexity index is 933. The predicted octanol–water partition coefficient (Wildman–Crippen LogP) is 2.16. The number of hydrazine groups is 2. The van der Waals surface area contributed by atoms with E-state index in [1.807, 2.05) is 24.7 Å². The first-order chi connectivity index (χ1) is 13.4. The zero-order valence-corrected chi connectivity index (χ0v) is 14.9. The molecule has 0 aliphatic carbocycles. The predicted molar refractivity (Wildman–Crippen MR) is 102 cm³/mol. The van der Waals surface area contributed by atoms with Gasteiger partial charge in [0, 0.05) is 31.4 Å². The molecule has 1 fully saturated rings. The van der Waals surface area contributed by atoms with E-state index in [0.717, 1.165) is 43.3 Å². The van der Waals surface area contributed by atoms with Crippen molar-refractivity contribution in [2.45, 2.75) is 24.9 Å². The normalized spacial score (nSPS) is 21.6. The number of para-hydroxylation sites is 1. The highest BCUT2D eigenvalue weighted by Crippen LogP contribution is 2.34. The number of pyridine rings is 1. The fourth-order valence-electron chi connectivity index (χ4n) is 3.80. The summed E-state index contributed by atoms with van der Waals surface area (Å²) in [6, 6.07) is 12.7. The van der Waals surface area contributed by atoms with Crippen LogP contribution in [0.4, 0.5) is 0 Å². The summed E-state index contributed by atoms with van der Waals surface area (Å²) in [6.07, 6.45) is 6.85. The van der Waals surface area contributed by atoms with E-state index >= 15 is 0 Å². The van der Waals surface area contributed by atoms with Gasteiger partial charge >= 0.3 is 0 Å². The molecule has 1 saturated heterocycles. The van der Waals surface area contributed by atoms with Crippen molar-refractivity contribution in [3.8, 4) is 17.1 Å². The molecule has 2 aromatic heterocycles. The summed E-state index contributed by atoms with van der Waals surface area (Å²) >= 11 is 0. The smallest absolute Gasteiger partial charge is 0.122 e. The van der Waals surface area contributed by atoms with Crippen molar-refractivity contribution in [3.63, 3.8) is 0 Å². The Hall–Kier alpha value is -2.74. The van der Waals surface area contributed by atoms with Crippen LogP contribution in [0.25, 0.3) is 11.4 Å². The average molecular weight is 362 g/mol. The standard InChI is InChI=1S/C20H22N6O/c1-2-4-20-16(3-1)15(6-8-27-20)11-26-12-19(22-13-26)17-9-14(5-7-21-17)18-10-23-25-24-18/h1-5,7,9,12-13,15,18,23-25H,6,8,10-11H2. The fourth-order valence-corrected chi connectivity index (χ4v) is 3.80. The maximum Gasteiger partial charge on any atom is 0.122 e. The molecule has 0 bridgehead atoms. The Morgan fingerprint density at radius 2 is 2.11 bits per heavy atom. The number of fused-ring (bicyclic) bond motifs is 1. The van der Waals surface area contributed by atoms with Gasteiger partial charge in [0.15, 0.2) is 0 Å². The lowest BCUT2D eigenvalue weighted by atomic mass is 9.93. The average Bonchev–Trinajstić information content (AvgIpc) is 3.41. The first-order valence-electron chi connectivity index (χ1n) is 9.30. The number of imidazole rings is 1. The Kier molecular flexibility index (Phi) is 4.33. The van der Waals surface area contributed by atoms with Crippen LogP contribution in [0.3, 0.4) is 0 Å². The Labute approximate surface area is 157 Å². The summed E-state index contributed by atoms with van der Waals surface area (Å²) in [6.45, 7) is 2.50. The Balaban J connectivity index is 1.36. The van der Waals surface area contributed by atoms with Crippen molar-refractivity contribution < 1.29 is 4.74 Å². The zero-order valence-electron chi connectivity index (χ0n) is 14.9. The Morgan fingerprint density at radius 3 is 3.04 bits per heavy atom. The molecule has 0 spiro atoms. The number of benzene rings is 1. The summed E-state index contributed by atoms with van der Waals surface area (Å²) in [5, 5.41) is 0. The molecule has 138 valence electrons. The van der Waals surface area contributed by atoms with Crippen molar-refractivity contribution >= 4 is 0 Å². The van der Waals surface area contributed by atoms with E-state index in [9.17, 15) is 0 Å². The largest absolute Gasteiger partial charge is 0.493 e. The van der Waals surface area contributed by atoms with E-state index in [4.69, 9.17) is 4.74 Å². The van der Waals surface area contributed by atoms with Gasteiger partial charge < -0.3 is 9.30 Å². The van der Waals surface area contributed by atoms with Crippen molar-refractivity contribution in [3.05, 3.63) is 66.2 Å². The molecule has 2 aliphatic rings. The molecule has 2 aliphatic heterocycles. The lowest BCUT2D eigenvalue weighted by molar-refractivity contribution is 0.259. The molecular weight excluding hydrogens is 340 g/mol. The summed E-state index contributed by atoms with van der Waals surface area (Å²) < 4.78 is 7.94. The minimum atomic E-state index is 0.229. The van der Waals surface area contributed by atoms with Crippen LogP contribution < -0.4 is 21.1 Å². The highest BCUT2D eigenvalue weighted by atomic mass is 16.5. The maximum absolute atomic E-state index is 5.78. The molecule has 27 heavy (non-hydrogen) atoms. The van der Waals surface area contributed by atoms with Gasteiger partial charge in [-0.2, -0.15) is 5.53 Å². The van der Waals surface area contributed by atoms with Crippen molar-refractivity contribution in [1.29, 1.82) is 0 Å². The van der Waals surface area contributed by atoms with Crippen LogP contribution in [0.15, 0.2) is 55.1 Å². The van der Waals surface area contributed by atoms with Crippen LogP contribution in [-0.2, 0) is 6.54 Å². The summed E-state index contributed by atoms with van der Waals surface area (Å²) in [5.41, 5.74) is 13.5. The number of aromatic nitrogens is 3. The van der Waals surface area contributed by atoms with Gasteiger partial charge in [-0.25, -0.2) is 15.8 Å². The molecule has 0 amide bonds. The lowest BCUT2D eigenvalue weighted by Crippen LogP contribution is -2.30. The molecule has 2 atom stereocenters. The van der Waals surface area contributed by atoms with Gasteiger partial charge in [0.25, 0.3) is 0 Å². The number of ether oxygens (including phenoxy) is 1. The number of nitrogens with zero attached hydrogens (tertiary/aromatic N) is 3. The van der Waals surface area contributed by atoms with E-state index in [1.54, 1.807) is 0 Å². The van der Waals surface area contributed by atoms with Gasteiger partial charge in [-0.1, -0.05) is 18.2 Å². The van der Waals surface area contributed by atoms with Crippen molar-refractivity contribution in [2.75, 3.05) is 13.2 Å². The molecule has 2 unspecified atom stereocenters. The highest BCUT2D eigenvalue weighted by molar-refractivity contribution is 5.54. The second-order valence-electron chi connectivity index (χ2n) is 7.00. The van der Waals surface area contributed by atoms with Gasteiger partial charge in [-0.15, -0.1) is 0 Å². The molecule has 7 nitrogen and oxygen atoms in total. The van der Waals surface area contributed by atoms with Crippen LogP contribution in [0.1, 0.15) is 29.5 Å². The lowest BCUT2D eigenvalue weighted by Gasteiger charge is -2.26. The molecule has 7 heteroatoms. The fraction of sp³-hybridized carbons (Fsp3) is 0.300. The molecule has 0 saturated carbocycles. The van der Waals surface area contributed by atoms with Crippen molar-refractivity contribution in [1.82, 2.24) is 30.9 Å². The summed E-state index contributed by atoms with van der Waals surface area (Å²) in [4.78, 5) is 9.11. The second kappa shape index (κ2) is 7.11. The van der Waals surface area contributed by atoms with E-state index in [-0.39, 0.29) is 6.04 Å². The highest BCUT2D eigenvalue weighted by Gasteiger charge is 2.22. The minimum Gasteiger partial charge on any atom is -0.493 e. The molecule has 3 aromatic rings. The molecule has 1 aromatic carbocycles. The second-order valence-corrected chi connectivity index (χ2v) is 7.00. The number of rotatable bonds is 4. The third-order valence-electron chi connectivity index (χ3n) is 5.24. The SMILES string of the molecule is c1ccc2c(c1)OCCC2Cn1cnc(-c2cc(C3CNNN3)ccn2)c1. The van der Waals surface area contributed by atoms with E-state index in [2.05, 4.69) is 61.4 Å². The first-order valence-corrected chi connectivity index (χ1v) is 9.30. The summed E-state index contributed by atoms with van der Waals surface area (Å²) in [7, 11) is 0. The van der Waals surface area contributed by atoms with Gasteiger partial charge in [0.2, 0.25) is 0 Å². The third kappa shape index (κ3) is 3.32. The van der Waals surface area contributed by atoms with Crippen LogP contribution in [-0.4, -0.2) is 27.7 Å². The molecule has 5 rings (SSSR count). The number of hydrogen-bond acceptors (Lipinski definition) is 6. The van der Waals surface area contributed by atoms with Crippen LogP contribution in [0.5, 0.6) is 5.75 Å². The van der Waals surface area contributed by atoms with Gasteiger partial charge in [0.1, 0.15) is 11.4 Å². The van der Waals surface area contributed by atoms with Gasteiger partial charge in [-0.3, -0.25) is 4.98 Å². The van der Waals surface area contributed by atoms with Crippen LogP contribution in [0.2, 0.25) is 0 Å². The summed E-state index contributed by atoms with van der Waals surface area (Å²) in [5.74, 6) is 1.45. The van der Waals surface area contributed by atoms with Crippen molar-refractivity contribution in [2.24, 2.45) is 0 Å². The molecule has 4 heterocycles. The topological polar surface area (TPSA) is 76.0 Å². The molecule has 0 radical (unpaired) electrons. The maximum atomic E-state index is 5.78. The quantitative estimate of drug-likeness (QED) is 0.660. The van der Waals surface area contributed by atoms with Gasteiger partial charge in [0.05, 0.1) is 24.7 Å². The molecular formula is C20H22N6O. The van der Waals surface area contributed by atoms with E-state index in [1.165, 1.54) is 11.1 Å². The Morgan fingerprint density at radius 1 is 1.15 bits per heavy atom. The first kappa shape index (κ1) is 16.4. The minimum absolute atomic E-state index is 0.229. The van der Waals surface area contributed by atoms with E-state index in [0.29, 0.717) is 5.92 Å². The van der Waals surface area contributed by atoms with Crippen LogP contribution >= 0.6 is 0 Å². The van der Waals surface area contributed by atoms with Crippen LogP contribution in [0, 0.1) is 0 Å². The van der Waals surface area contributed by atoms with Gasteiger partial charge in [-0.05, 0) is 35.7 Å².